The van der Waals surface area contributed by atoms with E-state index in [1.807, 2.05) is 60.7 Å². The molecule has 120 valence electrons. The van der Waals surface area contributed by atoms with Crippen molar-refractivity contribution in [1.82, 2.24) is 24.6 Å². The van der Waals surface area contributed by atoms with E-state index in [-0.39, 0.29) is 22.6 Å². The summed E-state index contributed by atoms with van der Waals surface area (Å²) in [5, 5.41) is 2.97. The second kappa shape index (κ2) is 5.13. The van der Waals surface area contributed by atoms with Crippen LogP contribution in [0.5, 0.6) is 0 Å². The van der Waals surface area contributed by atoms with E-state index in [4.69, 9.17) is 4.42 Å². The van der Waals surface area contributed by atoms with E-state index in [2.05, 4.69) is 20.1 Å². The minimum absolute atomic E-state index is 0.166. The van der Waals surface area contributed by atoms with Crippen LogP contribution >= 0.6 is 0 Å². The average Bonchev–Trinajstić information content (AvgIpc) is 3.28. The maximum absolute atomic E-state index is 12.7. The zero-order valence-corrected chi connectivity index (χ0v) is 12.9. The summed E-state index contributed by atoms with van der Waals surface area (Å²) in [5.41, 5.74) is 1.64. The molecule has 7 heteroatoms. The molecule has 3 heterocycles. The van der Waals surface area contributed by atoms with Gasteiger partial charge in [0.15, 0.2) is 11.3 Å². The van der Waals surface area contributed by atoms with Crippen LogP contribution in [0.1, 0.15) is 0 Å². The molecule has 7 nitrogen and oxygen atoms in total. The summed E-state index contributed by atoms with van der Waals surface area (Å²) in [6.07, 6.45) is 0. The van der Waals surface area contributed by atoms with Crippen molar-refractivity contribution in [3.05, 3.63) is 71.0 Å². The van der Waals surface area contributed by atoms with Gasteiger partial charge in [-0.25, -0.2) is 4.98 Å². The number of nitrogens with one attached hydrogen (secondary N) is 1. The highest BCUT2D eigenvalue weighted by molar-refractivity contribution is 5.73. The molecule has 0 radical (unpaired) electrons. The lowest BCUT2D eigenvalue weighted by Gasteiger charge is -1.92. The molecule has 0 aliphatic rings. The van der Waals surface area contributed by atoms with E-state index in [1.54, 1.807) is 0 Å². The van der Waals surface area contributed by atoms with Crippen molar-refractivity contribution in [2.75, 3.05) is 0 Å². The van der Waals surface area contributed by atoms with Gasteiger partial charge in [0.2, 0.25) is 5.89 Å². The summed E-state index contributed by atoms with van der Waals surface area (Å²) in [4.78, 5) is 25.7. The molecule has 0 amide bonds. The van der Waals surface area contributed by atoms with Crippen LogP contribution in [-0.4, -0.2) is 24.6 Å². The number of oxazole rings is 1. The lowest BCUT2D eigenvalue weighted by atomic mass is 10.2. The van der Waals surface area contributed by atoms with Crippen molar-refractivity contribution in [2.45, 2.75) is 0 Å². The zero-order valence-electron chi connectivity index (χ0n) is 12.9. The van der Waals surface area contributed by atoms with Crippen molar-refractivity contribution in [1.29, 1.82) is 0 Å². The van der Waals surface area contributed by atoms with Crippen LogP contribution in [0.15, 0.2) is 69.9 Å². The Morgan fingerprint density at radius 2 is 1.52 bits per heavy atom. The van der Waals surface area contributed by atoms with E-state index >= 15 is 0 Å². The lowest BCUT2D eigenvalue weighted by molar-refractivity contribution is 0.607. The molecule has 0 unspecified atom stereocenters. The molecule has 0 saturated carbocycles. The van der Waals surface area contributed by atoms with Gasteiger partial charge in [-0.3, -0.25) is 9.89 Å². The number of nitrogens with zero attached hydrogens (tertiary/aromatic N) is 4. The SMILES string of the molecule is O=c1c2nc(-c3ccccc3)oc2nc2nc(-c3ccccc3)[nH]n12. The van der Waals surface area contributed by atoms with Gasteiger partial charge in [-0.05, 0) is 12.1 Å². The van der Waals surface area contributed by atoms with Crippen molar-refractivity contribution in [2.24, 2.45) is 0 Å². The first-order valence-corrected chi connectivity index (χ1v) is 7.70. The number of hydrogen-bond acceptors (Lipinski definition) is 5. The summed E-state index contributed by atoms with van der Waals surface area (Å²) < 4.78 is 6.95. The van der Waals surface area contributed by atoms with Crippen LogP contribution in [-0.2, 0) is 0 Å². The van der Waals surface area contributed by atoms with E-state index < -0.39 is 0 Å². The third kappa shape index (κ3) is 2.13. The van der Waals surface area contributed by atoms with Gasteiger partial charge >= 0.3 is 5.56 Å². The Morgan fingerprint density at radius 3 is 2.24 bits per heavy atom. The van der Waals surface area contributed by atoms with Gasteiger partial charge < -0.3 is 4.42 Å². The van der Waals surface area contributed by atoms with E-state index in [0.717, 1.165) is 11.1 Å². The van der Waals surface area contributed by atoms with Crippen LogP contribution in [0.3, 0.4) is 0 Å². The van der Waals surface area contributed by atoms with Gasteiger partial charge in [0.25, 0.3) is 11.5 Å². The average molecular weight is 329 g/mol. The fraction of sp³-hybridized carbons (Fsp3) is 0. The fourth-order valence-electron chi connectivity index (χ4n) is 2.70. The molecule has 5 aromatic rings. The van der Waals surface area contributed by atoms with Crippen molar-refractivity contribution in [3.63, 3.8) is 0 Å². The smallest absolute Gasteiger partial charge is 0.304 e. The van der Waals surface area contributed by atoms with Crippen LogP contribution < -0.4 is 5.56 Å². The predicted molar refractivity (Wildman–Crippen MR) is 92.0 cm³/mol. The predicted octanol–water partition coefficient (Wildman–Crippen LogP) is 2.89. The molecular weight excluding hydrogens is 318 g/mol. The Bertz CT molecular complexity index is 1160. The van der Waals surface area contributed by atoms with Crippen molar-refractivity contribution in [3.8, 4) is 22.8 Å². The minimum Gasteiger partial charge on any atom is -0.417 e. The summed E-state index contributed by atoms with van der Waals surface area (Å²) in [6.45, 7) is 0. The molecular formula is C18H11N5O2. The Balaban J connectivity index is 1.72. The second-order valence-electron chi connectivity index (χ2n) is 5.53. The van der Waals surface area contributed by atoms with Crippen LogP contribution in [0.4, 0.5) is 0 Å². The van der Waals surface area contributed by atoms with Crippen molar-refractivity contribution >= 4 is 17.0 Å². The van der Waals surface area contributed by atoms with Gasteiger partial charge in [0.05, 0.1) is 0 Å². The molecule has 1 N–H and O–H groups in total. The third-order valence-corrected chi connectivity index (χ3v) is 3.91. The topological polar surface area (TPSA) is 89.1 Å². The summed E-state index contributed by atoms with van der Waals surface area (Å²) in [7, 11) is 0. The number of hydrogen-bond donors (Lipinski definition) is 1. The first-order valence-electron chi connectivity index (χ1n) is 7.70. The number of aromatic amines is 1. The zero-order chi connectivity index (χ0) is 16.8. The summed E-state index contributed by atoms with van der Waals surface area (Å²) >= 11 is 0. The Labute approximate surface area is 140 Å². The number of H-pyrrole nitrogens is 1. The van der Waals surface area contributed by atoms with Crippen molar-refractivity contribution < 1.29 is 4.42 Å². The monoisotopic (exact) mass is 329 g/mol. The molecule has 0 bridgehead atoms. The van der Waals surface area contributed by atoms with Gasteiger partial charge in [-0.1, -0.05) is 48.5 Å². The molecule has 0 aliphatic carbocycles. The molecule has 0 aliphatic heterocycles. The Hall–Kier alpha value is -3.74. The highest BCUT2D eigenvalue weighted by Crippen LogP contribution is 2.22. The second-order valence-corrected chi connectivity index (χ2v) is 5.53. The van der Waals surface area contributed by atoms with Crippen LogP contribution in [0.25, 0.3) is 39.8 Å². The van der Waals surface area contributed by atoms with E-state index in [9.17, 15) is 4.79 Å². The van der Waals surface area contributed by atoms with Crippen LogP contribution in [0.2, 0.25) is 0 Å². The Kier molecular flexibility index (Phi) is 2.81. The molecule has 25 heavy (non-hydrogen) atoms. The molecule has 0 spiro atoms. The third-order valence-electron chi connectivity index (χ3n) is 3.91. The molecule has 2 aromatic carbocycles. The van der Waals surface area contributed by atoms with E-state index in [1.165, 1.54) is 4.52 Å². The molecule has 0 saturated heterocycles. The summed E-state index contributed by atoms with van der Waals surface area (Å²) in [5.74, 6) is 1.16. The van der Waals surface area contributed by atoms with Gasteiger partial charge in [-0.15, -0.1) is 0 Å². The normalized spacial score (nSPS) is 11.4. The first kappa shape index (κ1) is 13.7. The fourth-order valence-corrected chi connectivity index (χ4v) is 2.70. The van der Waals surface area contributed by atoms with Gasteiger partial charge in [0.1, 0.15) is 0 Å². The largest absolute Gasteiger partial charge is 0.417 e. The molecule has 0 fully saturated rings. The maximum Gasteiger partial charge on any atom is 0.304 e. The number of benzene rings is 2. The molecule has 3 aromatic heterocycles. The lowest BCUT2D eigenvalue weighted by Crippen LogP contribution is -2.15. The number of rotatable bonds is 2. The van der Waals surface area contributed by atoms with Crippen LogP contribution in [0, 0.1) is 0 Å². The molecule has 0 atom stereocenters. The highest BCUT2D eigenvalue weighted by atomic mass is 16.4. The number of aromatic nitrogens is 5. The molecule has 5 rings (SSSR count). The van der Waals surface area contributed by atoms with Gasteiger partial charge in [-0.2, -0.15) is 14.5 Å². The Morgan fingerprint density at radius 1 is 0.840 bits per heavy atom. The quantitative estimate of drug-likeness (QED) is 0.538. The number of fused-ring (bicyclic) bond motifs is 2. The highest BCUT2D eigenvalue weighted by Gasteiger charge is 2.17. The minimum atomic E-state index is -0.347. The summed E-state index contributed by atoms with van der Waals surface area (Å²) in [6, 6.07) is 18.9. The first-order chi connectivity index (χ1) is 12.3. The van der Waals surface area contributed by atoms with Gasteiger partial charge in [0, 0.05) is 11.1 Å². The maximum atomic E-state index is 12.7. The standard InChI is InChI=1S/C18H11N5O2/c24-17-13-16(25-15(19-13)12-9-5-2-6-10-12)21-18-20-14(22-23(17)18)11-7-3-1-4-8-11/h1-10H,(H,20,21,22). The van der Waals surface area contributed by atoms with E-state index in [0.29, 0.717) is 11.7 Å².